The Morgan fingerprint density at radius 1 is 0.828 bits per heavy atom. The zero-order valence-electron chi connectivity index (χ0n) is 16.9. The number of thioether (sulfide) groups is 2. The first-order valence-corrected chi connectivity index (χ1v) is 10.2. The van der Waals surface area contributed by atoms with Crippen molar-refractivity contribution in [2.75, 3.05) is 0 Å². The maximum Gasteiger partial charge on any atom is 0.338 e. The summed E-state index contributed by atoms with van der Waals surface area (Å²) in [5, 5.41) is 40.1. The Kier molecular flexibility index (Phi) is 5.93. The zero-order valence-corrected chi connectivity index (χ0v) is 18.5. The van der Waals surface area contributed by atoms with Gasteiger partial charge in [-0.3, -0.25) is 0 Å². The highest BCUT2D eigenvalue weighted by Crippen LogP contribution is 2.50. The Morgan fingerprint density at radius 3 is 1.69 bits per heavy atom. The van der Waals surface area contributed by atoms with E-state index in [4.69, 9.17) is 0 Å². The van der Waals surface area contributed by atoms with Crippen molar-refractivity contribution in [3.8, 4) is 5.75 Å². The molecule has 0 aliphatic carbocycles. The number of pyridine rings is 1. The molecule has 0 unspecified atom stereocenters. The number of fused-ring (bicyclic) bond motifs is 1. The van der Waals surface area contributed by atoms with Crippen LogP contribution < -0.4 is 0 Å². The summed E-state index contributed by atoms with van der Waals surface area (Å²) in [5.41, 5.74) is -2.53. The number of hydrogen-bond donors (Lipinski definition) is 4. The summed E-state index contributed by atoms with van der Waals surface area (Å²) in [6.45, 7) is 11.5. The molecule has 2 aromatic heterocycles. The van der Waals surface area contributed by atoms with Gasteiger partial charge in [0.2, 0.25) is 0 Å². The maximum atomic E-state index is 12.0. The molecule has 0 aliphatic rings. The minimum Gasteiger partial charge on any atom is -0.505 e. The van der Waals surface area contributed by atoms with Gasteiger partial charge in [0, 0.05) is 15.7 Å². The van der Waals surface area contributed by atoms with Crippen LogP contribution in [-0.4, -0.2) is 52.2 Å². The fourth-order valence-electron chi connectivity index (χ4n) is 2.72. The summed E-state index contributed by atoms with van der Waals surface area (Å²) in [4.78, 5) is 35.8. The van der Waals surface area contributed by atoms with Gasteiger partial charge in [-0.15, -0.1) is 23.5 Å². The first-order chi connectivity index (χ1) is 13.0. The summed E-state index contributed by atoms with van der Waals surface area (Å²) < 4.78 is 0.565. The average molecular weight is 442 g/mol. The van der Waals surface area contributed by atoms with Gasteiger partial charge in [0.15, 0.2) is 5.75 Å². The molecule has 4 N–H and O–H groups in total. The Hall–Kier alpha value is -2.33. The third-order valence-electron chi connectivity index (χ3n) is 3.58. The highest BCUT2D eigenvalue weighted by Gasteiger charge is 2.34. The van der Waals surface area contributed by atoms with E-state index in [-0.39, 0.29) is 20.8 Å². The molecule has 0 spiro atoms. The van der Waals surface area contributed by atoms with Crippen LogP contribution in [0.1, 0.15) is 72.6 Å². The second kappa shape index (κ2) is 7.49. The molecular formula is C19H23NO7S2. The van der Waals surface area contributed by atoms with E-state index in [2.05, 4.69) is 0 Å². The van der Waals surface area contributed by atoms with E-state index in [1.165, 1.54) is 27.9 Å². The third kappa shape index (κ3) is 4.64. The van der Waals surface area contributed by atoms with E-state index in [9.17, 15) is 34.8 Å². The minimum absolute atomic E-state index is 0.238. The van der Waals surface area contributed by atoms with Gasteiger partial charge in [0.05, 0.1) is 21.0 Å². The Bertz CT molecular complexity index is 1030. The highest BCUT2D eigenvalue weighted by molar-refractivity contribution is 8.03. The topological polar surface area (TPSA) is 137 Å². The van der Waals surface area contributed by atoms with Crippen molar-refractivity contribution in [1.82, 2.24) is 4.40 Å². The second-order valence-electron chi connectivity index (χ2n) is 8.34. The SMILES string of the molecule is CC(C)(C)Sc1c(O)c2c(C(=O)O)c(C(=O)O)c(C(=O)O)cn2c1SC(C)(C)C. The van der Waals surface area contributed by atoms with Crippen molar-refractivity contribution < 1.29 is 34.8 Å². The molecule has 10 heteroatoms. The van der Waals surface area contributed by atoms with Gasteiger partial charge in [0.25, 0.3) is 0 Å². The predicted molar refractivity (Wildman–Crippen MR) is 111 cm³/mol. The molecule has 0 amide bonds. The molecular weight excluding hydrogens is 418 g/mol. The summed E-state index contributed by atoms with van der Waals surface area (Å²) in [7, 11) is 0. The fraction of sp³-hybridized carbons (Fsp3) is 0.421. The van der Waals surface area contributed by atoms with E-state index in [1.54, 1.807) is 0 Å². The zero-order chi connectivity index (χ0) is 22.5. The standard InChI is InChI=1S/C19H23NO7S2/c1-18(2,3)28-13-12(21)11-10(17(26)27)9(16(24)25)8(15(22)23)7-20(11)14(13)29-19(4,5)6/h7,21H,1-6H3,(H,22,23)(H,24,25)(H,26,27). The molecule has 0 radical (unpaired) electrons. The third-order valence-corrected chi connectivity index (χ3v) is 6.12. The lowest BCUT2D eigenvalue weighted by molar-refractivity contribution is 0.0633. The van der Waals surface area contributed by atoms with Crippen LogP contribution in [0.5, 0.6) is 5.75 Å². The first-order valence-electron chi connectivity index (χ1n) is 8.57. The lowest BCUT2D eigenvalue weighted by Crippen LogP contribution is -2.17. The van der Waals surface area contributed by atoms with Gasteiger partial charge in [-0.25, -0.2) is 14.4 Å². The van der Waals surface area contributed by atoms with E-state index >= 15 is 0 Å². The molecule has 2 aromatic rings. The van der Waals surface area contributed by atoms with E-state index in [1.807, 2.05) is 41.5 Å². The molecule has 2 rings (SSSR count). The van der Waals surface area contributed by atoms with Crippen LogP contribution in [-0.2, 0) is 0 Å². The molecule has 0 saturated heterocycles. The summed E-state index contributed by atoms with van der Waals surface area (Å²) in [5.74, 6) is -5.29. The normalized spacial score (nSPS) is 12.3. The van der Waals surface area contributed by atoms with Crippen LogP contribution in [0.25, 0.3) is 5.52 Å². The molecule has 0 atom stereocenters. The molecule has 0 fully saturated rings. The van der Waals surface area contributed by atoms with E-state index in [0.717, 1.165) is 6.20 Å². The van der Waals surface area contributed by atoms with Crippen molar-refractivity contribution in [1.29, 1.82) is 0 Å². The number of aromatic hydroxyl groups is 1. The Balaban J connectivity index is 3.14. The highest BCUT2D eigenvalue weighted by atomic mass is 32.2. The smallest absolute Gasteiger partial charge is 0.338 e. The number of aromatic carboxylic acids is 3. The van der Waals surface area contributed by atoms with Crippen LogP contribution in [0.4, 0.5) is 0 Å². The fourth-order valence-corrected chi connectivity index (χ4v) is 4.97. The van der Waals surface area contributed by atoms with Crippen LogP contribution in [0.15, 0.2) is 16.1 Å². The van der Waals surface area contributed by atoms with E-state index in [0.29, 0.717) is 9.92 Å². The van der Waals surface area contributed by atoms with Crippen molar-refractivity contribution in [2.24, 2.45) is 0 Å². The number of rotatable bonds is 5. The Morgan fingerprint density at radius 2 is 1.31 bits per heavy atom. The van der Waals surface area contributed by atoms with Crippen molar-refractivity contribution in [3.05, 3.63) is 22.9 Å². The number of carboxylic acids is 3. The number of carbonyl (C=O) groups is 3. The van der Waals surface area contributed by atoms with Crippen LogP contribution >= 0.6 is 23.5 Å². The monoisotopic (exact) mass is 441 g/mol. The van der Waals surface area contributed by atoms with Crippen LogP contribution in [0.3, 0.4) is 0 Å². The maximum absolute atomic E-state index is 12.0. The molecule has 2 heterocycles. The van der Waals surface area contributed by atoms with Crippen molar-refractivity contribution >= 4 is 46.9 Å². The molecule has 0 aliphatic heterocycles. The van der Waals surface area contributed by atoms with Gasteiger partial charge < -0.3 is 24.8 Å². The van der Waals surface area contributed by atoms with Gasteiger partial charge in [-0.2, -0.15) is 0 Å². The summed E-state index contributed by atoms with van der Waals surface area (Å²) in [6, 6.07) is 0. The summed E-state index contributed by atoms with van der Waals surface area (Å²) >= 11 is 2.61. The number of aromatic nitrogens is 1. The largest absolute Gasteiger partial charge is 0.505 e. The van der Waals surface area contributed by atoms with Gasteiger partial charge in [0.1, 0.15) is 11.1 Å². The molecule has 8 nitrogen and oxygen atoms in total. The van der Waals surface area contributed by atoms with Gasteiger partial charge >= 0.3 is 17.9 Å². The number of nitrogens with zero attached hydrogens (tertiary/aromatic N) is 1. The molecule has 0 saturated carbocycles. The lowest BCUT2D eigenvalue weighted by atomic mass is 10.0. The molecule has 0 aromatic carbocycles. The lowest BCUT2D eigenvalue weighted by Gasteiger charge is -2.22. The van der Waals surface area contributed by atoms with Crippen molar-refractivity contribution in [3.63, 3.8) is 0 Å². The summed E-state index contributed by atoms with van der Waals surface area (Å²) in [6.07, 6.45) is 1.06. The number of carboxylic acid groups (broad SMARTS) is 3. The molecule has 29 heavy (non-hydrogen) atoms. The minimum atomic E-state index is -1.70. The quantitative estimate of drug-likeness (QED) is 0.493. The van der Waals surface area contributed by atoms with E-state index < -0.39 is 34.6 Å². The second-order valence-corrected chi connectivity index (χ2v) is 12.0. The average Bonchev–Trinajstić information content (AvgIpc) is 2.75. The molecule has 158 valence electrons. The van der Waals surface area contributed by atoms with Gasteiger partial charge in [-0.1, -0.05) is 41.5 Å². The Labute approximate surface area is 175 Å². The van der Waals surface area contributed by atoms with Crippen molar-refractivity contribution in [2.45, 2.75) is 61.0 Å². The molecule has 0 bridgehead atoms. The van der Waals surface area contributed by atoms with Crippen LogP contribution in [0.2, 0.25) is 0 Å². The van der Waals surface area contributed by atoms with Gasteiger partial charge in [-0.05, 0) is 0 Å². The number of hydrogen-bond acceptors (Lipinski definition) is 6. The predicted octanol–water partition coefficient (Wildman–Crippen LogP) is 4.52. The van der Waals surface area contributed by atoms with Crippen LogP contribution in [0, 0.1) is 0 Å². The first kappa shape index (κ1) is 23.0.